The molecule has 9 heteroatoms. The number of anilines is 1. The average Bonchev–Trinajstić information content (AvgIpc) is 2.28. The van der Waals surface area contributed by atoms with E-state index in [-0.39, 0.29) is 4.90 Å². The van der Waals surface area contributed by atoms with Gasteiger partial charge in [-0.1, -0.05) is 12.1 Å². The van der Waals surface area contributed by atoms with Crippen LogP contribution in [0.4, 0.5) is 23.7 Å². The molecule has 0 heterocycles. The van der Waals surface area contributed by atoms with Crippen LogP contribution >= 0.6 is 22.6 Å². The zero-order valence-electron chi connectivity index (χ0n) is 9.95. The highest BCUT2D eigenvalue weighted by molar-refractivity contribution is 14.1. The fourth-order valence-electron chi connectivity index (χ4n) is 1.34. The number of hydrogen-bond donors (Lipinski definition) is 2. The van der Waals surface area contributed by atoms with Gasteiger partial charge in [0.1, 0.15) is 13.1 Å². The van der Waals surface area contributed by atoms with E-state index in [4.69, 9.17) is 5.11 Å². The quantitative estimate of drug-likeness (QED) is 0.762. The Morgan fingerprint density at radius 2 is 1.90 bits per heavy atom. The monoisotopic (exact) mass is 402 g/mol. The lowest BCUT2D eigenvalue weighted by Gasteiger charge is -2.22. The van der Waals surface area contributed by atoms with Crippen LogP contribution in [0.25, 0.3) is 0 Å². The molecular weight excluding hydrogens is 392 g/mol. The van der Waals surface area contributed by atoms with Gasteiger partial charge in [0.05, 0.1) is 5.69 Å². The van der Waals surface area contributed by atoms with Gasteiger partial charge in [-0.15, -0.1) is 0 Å². The topological polar surface area (TPSA) is 69.6 Å². The van der Waals surface area contributed by atoms with Crippen LogP contribution in [-0.2, 0) is 4.79 Å². The number of alkyl halides is 3. The minimum absolute atomic E-state index is 0.186. The third kappa shape index (κ3) is 5.63. The highest BCUT2D eigenvalue weighted by Crippen LogP contribution is 2.20. The Bertz CT molecular complexity index is 508. The molecule has 0 spiro atoms. The standard InChI is InChI=1S/C11H10F3IN2O3/c12-11(13,14)6-17(5-9(18)19)10(20)16-8-4-2-1-3-7(8)15/h1-4H,5-6H2,(H,16,20)(H,18,19). The van der Waals surface area contributed by atoms with Crippen LogP contribution in [0.15, 0.2) is 24.3 Å². The van der Waals surface area contributed by atoms with Gasteiger partial charge in [0.15, 0.2) is 0 Å². The van der Waals surface area contributed by atoms with Gasteiger partial charge in [0.25, 0.3) is 0 Å². The van der Waals surface area contributed by atoms with Crippen molar-refractivity contribution in [2.75, 3.05) is 18.4 Å². The summed E-state index contributed by atoms with van der Waals surface area (Å²) in [5.74, 6) is -1.52. The van der Waals surface area contributed by atoms with Crippen molar-refractivity contribution in [3.63, 3.8) is 0 Å². The minimum atomic E-state index is -4.67. The molecule has 0 bridgehead atoms. The number of hydrogen-bond acceptors (Lipinski definition) is 2. The van der Waals surface area contributed by atoms with Crippen molar-refractivity contribution in [2.45, 2.75) is 6.18 Å². The van der Waals surface area contributed by atoms with Crippen LogP contribution in [0.2, 0.25) is 0 Å². The molecule has 2 N–H and O–H groups in total. The van der Waals surface area contributed by atoms with E-state index in [1.165, 1.54) is 6.07 Å². The molecule has 0 aliphatic heterocycles. The third-order valence-electron chi connectivity index (χ3n) is 2.10. The first-order chi connectivity index (χ1) is 9.19. The maximum Gasteiger partial charge on any atom is 0.406 e. The van der Waals surface area contributed by atoms with Crippen molar-refractivity contribution in [1.82, 2.24) is 4.90 Å². The molecule has 110 valence electrons. The number of carboxylic acid groups (broad SMARTS) is 1. The Morgan fingerprint density at radius 3 is 2.40 bits per heavy atom. The first kappa shape index (κ1) is 16.5. The Balaban J connectivity index is 2.83. The van der Waals surface area contributed by atoms with Gasteiger partial charge >= 0.3 is 18.2 Å². The van der Waals surface area contributed by atoms with E-state index in [1.807, 2.05) is 22.6 Å². The number of amides is 2. The number of rotatable bonds is 4. The minimum Gasteiger partial charge on any atom is -0.480 e. The fourth-order valence-corrected chi connectivity index (χ4v) is 1.86. The molecule has 0 fully saturated rings. The molecule has 0 radical (unpaired) electrons. The van der Waals surface area contributed by atoms with E-state index >= 15 is 0 Å². The first-order valence-electron chi connectivity index (χ1n) is 5.28. The van der Waals surface area contributed by atoms with E-state index < -0.39 is 31.3 Å². The molecule has 1 rings (SSSR count). The van der Waals surface area contributed by atoms with Crippen LogP contribution in [0.1, 0.15) is 0 Å². The molecule has 20 heavy (non-hydrogen) atoms. The van der Waals surface area contributed by atoms with Crippen molar-refractivity contribution < 1.29 is 27.9 Å². The predicted octanol–water partition coefficient (Wildman–Crippen LogP) is 2.77. The maximum absolute atomic E-state index is 12.3. The summed E-state index contributed by atoms with van der Waals surface area (Å²) in [5, 5.41) is 10.8. The number of carboxylic acids is 1. The molecule has 0 saturated heterocycles. The number of para-hydroxylation sites is 1. The lowest BCUT2D eigenvalue weighted by Crippen LogP contribution is -2.44. The van der Waals surface area contributed by atoms with Crippen LogP contribution in [0.3, 0.4) is 0 Å². The normalized spacial score (nSPS) is 11.0. The second-order valence-electron chi connectivity index (χ2n) is 3.77. The van der Waals surface area contributed by atoms with Gasteiger partial charge in [-0.3, -0.25) is 4.79 Å². The Morgan fingerprint density at radius 1 is 1.30 bits per heavy atom. The largest absolute Gasteiger partial charge is 0.480 e. The number of benzene rings is 1. The SMILES string of the molecule is O=C(O)CN(CC(F)(F)F)C(=O)Nc1ccccc1I. The van der Waals surface area contributed by atoms with Gasteiger partial charge in [-0.05, 0) is 34.7 Å². The maximum atomic E-state index is 12.3. The second-order valence-corrected chi connectivity index (χ2v) is 4.94. The van der Waals surface area contributed by atoms with Crippen LogP contribution < -0.4 is 5.32 Å². The van der Waals surface area contributed by atoms with Crippen molar-refractivity contribution in [1.29, 1.82) is 0 Å². The molecule has 5 nitrogen and oxygen atoms in total. The highest BCUT2D eigenvalue weighted by Gasteiger charge is 2.34. The number of carbonyl (C=O) groups is 2. The summed E-state index contributed by atoms with van der Waals surface area (Å²) in [6.07, 6.45) is -4.67. The molecule has 0 unspecified atom stereocenters. The zero-order chi connectivity index (χ0) is 15.3. The van der Waals surface area contributed by atoms with Crippen LogP contribution in [-0.4, -0.2) is 41.3 Å². The average molecular weight is 402 g/mol. The second kappa shape index (κ2) is 6.77. The van der Waals surface area contributed by atoms with Crippen molar-refractivity contribution in [3.8, 4) is 0 Å². The Kier molecular flexibility index (Phi) is 5.60. The Hall–Kier alpha value is -1.52. The molecule has 1 aromatic rings. The van der Waals surface area contributed by atoms with E-state index in [0.29, 0.717) is 9.26 Å². The number of nitrogens with zero attached hydrogens (tertiary/aromatic N) is 1. The molecule has 0 aliphatic rings. The van der Waals surface area contributed by atoms with Crippen molar-refractivity contribution in [3.05, 3.63) is 27.8 Å². The molecular formula is C11H10F3IN2O3. The summed E-state index contributed by atoms with van der Waals surface area (Å²) in [5.41, 5.74) is 0.315. The van der Waals surface area contributed by atoms with E-state index in [2.05, 4.69) is 5.32 Å². The molecule has 0 saturated carbocycles. The third-order valence-corrected chi connectivity index (χ3v) is 3.04. The summed E-state index contributed by atoms with van der Waals surface area (Å²) in [7, 11) is 0. The number of urea groups is 1. The zero-order valence-corrected chi connectivity index (χ0v) is 12.1. The predicted molar refractivity (Wildman–Crippen MR) is 73.4 cm³/mol. The van der Waals surface area contributed by atoms with Gasteiger partial charge in [-0.2, -0.15) is 13.2 Å². The fraction of sp³-hybridized carbons (Fsp3) is 0.273. The van der Waals surface area contributed by atoms with Crippen LogP contribution in [0.5, 0.6) is 0 Å². The summed E-state index contributed by atoms with van der Waals surface area (Å²) in [4.78, 5) is 22.4. The number of carbonyl (C=O) groups excluding carboxylic acids is 1. The molecule has 1 aromatic carbocycles. The molecule has 0 aliphatic carbocycles. The summed E-state index contributed by atoms with van der Waals surface area (Å²) >= 11 is 1.90. The van der Waals surface area contributed by atoms with Gasteiger partial charge in [-0.25, -0.2) is 4.79 Å². The van der Waals surface area contributed by atoms with Gasteiger partial charge in [0, 0.05) is 3.57 Å². The smallest absolute Gasteiger partial charge is 0.406 e. The van der Waals surface area contributed by atoms with E-state index in [1.54, 1.807) is 18.2 Å². The van der Waals surface area contributed by atoms with Gasteiger partial charge < -0.3 is 15.3 Å². The van der Waals surface area contributed by atoms with Gasteiger partial charge in [0.2, 0.25) is 0 Å². The lowest BCUT2D eigenvalue weighted by atomic mass is 10.3. The Labute approximate surface area is 125 Å². The molecule has 2 amide bonds. The number of halogens is 4. The van der Waals surface area contributed by atoms with Crippen molar-refractivity contribution in [2.24, 2.45) is 0 Å². The van der Waals surface area contributed by atoms with Crippen molar-refractivity contribution >= 4 is 40.3 Å². The molecule has 0 atom stereocenters. The summed E-state index contributed by atoms with van der Waals surface area (Å²) in [6.45, 7) is -2.66. The number of aliphatic carboxylic acids is 1. The first-order valence-corrected chi connectivity index (χ1v) is 6.36. The van der Waals surface area contributed by atoms with E-state index in [9.17, 15) is 22.8 Å². The van der Waals surface area contributed by atoms with Crippen LogP contribution in [0, 0.1) is 3.57 Å². The lowest BCUT2D eigenvalue weighted by molar-refractivity contribution is -0.148. The van der Waals surface area contributed by atoms with E-state index in [0.717, 1.165) is 0 Å². The highest BCUT2D eigenvalue weighted by atomic mass is 127. The number of nitrogens with one attached hydrogen (secondary N) is 1. The molecule has 0 aromatic heterocycles. The summed E-state index contributed by atoms with van der Waals surface area (Å²) < 4.78 is 37.6. The summed E-state index contributed by atoms with van der Waals surface area (Å²) in [6, 6.07) is 5.34.